The Morgan fingerprint density at radius 2 is 0.746 bits per heavy atom. The molecule has 0 aromatic heterocycles. The molecule has 6 N–H and O–H groups in total. The zero-order valence-corrected chi connectivity index (χ0v) is 44.4. The van der Waals surface area contributed by atoms with Gasteiger partial charge in [0.25, 0.3) is 0 Å². The van der Waals surface area contributed by atoms with Gasteiger partial charge in [0.1, 0.15) is 24.4 Å². The average Bonchev–Trinajstić information content (AvgIpc) is 3.33. The number of aliphatic hydroxyl groups is 5. The first kappa shape index (κ1) is 64.2. The molecule has 1 fully saturated rings. The Morgan fingerprint density at radius 1 is 0.448 bits per heavy atom. The quantitative estimate of drug-likeness (QED) is 0.0330. The van der Waals surface area contributed by atoms with Crippen LogP contribution in [0.2, 0.25) is 0 Å². The number of carbonyl (C=O) groups excluding carboxylic acids is 1. The van der Waals surface area contributed by atoms with Crippen molar-refractivity contribution < 1.29 is 39.8 Å². The second-order valence-corrected chi connectivity index (χ2v) is 21.2. The van der Waals surface area contributed by atoms with Gasteiger partial charge in [-0.15, -0.1) is 0 Å². The largest absolute Gasteiger partial charge is 0.394 e. The number of amides is 1. The van der Waals surface area contributed by atoms with Crippen LogP contribution in [-0.2, 0) is 14.3 Å². The van der Waals surface area contributed by atoms with Crippen LogP contribution in [0.5, 0.6) is 0 Å². The summed E-state index contributed by atoms with van der Waals surface area (Å²) in [5.74, 6) is -0.135. The van der Waals surface area contributed by atoms with Gasteiger partial charge in [0, 0.05) is 6.42 Å². The molecule has 1 amide bonds. The maximum Gasteiger partial charge on any atom is 0.220 e. The molecular weight excluding hydrogens is 839 g/mol. The molecule has 7 atom stereocenters. The van der Waals surface area contributed by atoms with E-state index >= 15 is 0 Å². The van der Waals surface area contributed by atoms with Crippen LogP contribution in [-0.4, -0.2) is 87.5 Å². The zero-order valence-electron chi connectivity index (χ0n) is 44.4. The molecule has 0 bridgehead atoms. The molecule has 0 aromatic carbocycles. The van der Waals surface area contributed by atoms with Gasteiger partial charge in [-0.05, 0) is 12.8 Å². The van der Waals surface area contributed by atoms with Crippen LogP contribution in [0.25, 0.3) is 0 Å². The highest BCUT2D eigenvalue weighted by atomic mass is 16.7. The van der Waals surface area contributed by atoms with Crippen molar-refractivity contribution in [2.45, 2.75) is 352 Å². The van der Waals surface area contributed by atoms with E-state index in [0.29, 0.717) is 12.8 Å². The fraction of sp³-hybridized carbons (Fsp3) is 0.983. The molecule has 0 spiro atoms. The third-order valence-electron chi connectivity index (χ3n) is 14.7. The van der Waals surface area contributed by atoms with E-state index in [9.17, 15) is 30.3 Å². The predicted molar refractivity (Wildman–Crippen MR) is 281 cm³/mol. The lowest BCUT2D eigenvalue weighted by molar-refractivity contribution is -0.302. The summed E-state index contributed by atoms with van der Waals surface area (Å²) in [7, 11) is 0. The smallest absolute Gasteiger partial charge is 0.220 e. The topological polar surface area (TPSA) is 149 Å². The van der Waals surface area contributed by atoms with E-state index in [1.807, 2.05) is 0 Å². The summed E-state index contributed by atoms with van der Waals surface area (Å²) >= 11 is 0. The van der Waals surface area contributed by atoms with Gasteiger partial charge in [0.15, 0.2) is 6.29 Å². The molecule has 1 saturated heterocycles. The van der Waals surface area contributed by atoms with E-state index < -0.39 is 49.5 Å². The number of hydrogen-bond acceptors (Lipinski definition) is 8. The van der Waals surface area contributed by atoms with Crippen LogP contribution < -0.4 is 5.32 Å². The summed E-state index contributed by atoms with van der Waals surface area (Å²) in [4.78, 5) is 13.1. The van der Waals surface area contributed by atoms with Crippen molar-refractivity contribution in [3.05, 3.63) is 0 Å². The Kier molecular flexibility index (Phi) is 46.8. The third-order valence-corrected chi connectivity index (χ3v) is 14.7. The Hall–Kier alpha value is -0.810. The highest BCUT2D eigenvalue weighted by Gasteiger charge is 2.44. The summed E-state index contributed by atoms with van der Waals surface area (Å²) in [5.41, 5.74) is 0. The number of carbonyl (C=O) groups is 1. The maximum absolute atomic E-state index is 13.1. The third kappa shape index (κ3) is 38.5. The minimum absolute atomic E-state index is 0.131. The summed E-state index contributed by atoms with van der Waals surface area (Å²) in [6.45, 7) is 3.89. The second kappa shape index (κ2) is 48.8. The molecule has 0 aromatic rings. The van der Waals surface area contributed by atoms with E-state index in [2.05, 4.69) is 19.2 Å². The van der Waals surface area contributed by atoms with Gasteiger partial charge in [-0.25, -0.2) is 0 Å². The summed E-state index contributed by atoms with van der Waals surface area (Å²) in [6.07, 6.45) is 51.3. The van der Waals surface area contributed by atoms with Crippen LogP contribution in [0.3, 0.4) is 0 Å². The molecule has 9 heteroatoms. The van der Waals surface area contributed by atoms with Crippen molar-refractivity contribution >= 4 is 5.91 Å². The SMILES string of the molecule is CCCCCCCCCCCCCCCCCCCCCCCCCCC(=O)NC(COC1OC(CO)C(O)C(O)C1O)C(O)CCCCCCCCCCCCCCCCCCCCCC. The minimum Gasteiger partial charge on any atom is -0.394 e. The lowest BCUT2D eigenvalue weighted by Crippen LogP contribution is -2.60. The highest BCUT2D eigenvalue weighted by molar-refractivity contribution is 5.76. The van der Waals surface area contributed by atoms with E-state index in [-0.39, 0.29) is 12.5 Å². The van der Waals surface area contributed by atoms with Crippen LogP contribution in [0.4, 0.5) is 0 Å². The number of nitrogens with one attached hydrogen (secondary N) is 1. The lowest BCUT2D eigenvalue weighted by Gasteiger charge is -2.40. The molecule has 1 aliphatic heterocycles. The molecule has 0 saturated carbocycles. The van der Waals surface area contributed by atoms with E-state index in [1.165, 1.54) is 244 Å². The van der Waals surface area contributed by atoms with E-state index in [4.69, 9.17) is 9.47 Å². The van der Waals surface area contributed by atoms with Crippen LogP contribution in [0.15, 0.2) is 0 Å². The molecule has 0 radical (unpaired) electrons. The predicted octanol–water partition coefficient (Wildman–Crippen LogP) is 14.6. The van der Waals surface area contributed by atoms with Gasteiger partial charge in [-0.2, -0.15) is 0 Å². The van der Waals surface area contributed by atoms with Crippen molar-refractivity contribution in [3.63, 3.8) is 0 Å². The van der Waals surface area contributed by atoms with Crippen molar-refractivity contribution in [1.82, 2.24) is 5.32 Å². The molecule has 9 nitrogen and oxygen atoms in total. The van der Waals surface area contributed by atoms with E-state index in [1.54, 1.807) is 0 Å². The number of aliphatic hydroxyl groups excluding tert-OH is 5. The van der Waals surface area contributed by atoms with Crippen molar-refractivity contribution in [2.75, 3.05) is 13.2 Å². The van der Waals surface area contributed by atoms with Crippen LogP contribution >= 0.6 is 0 Å². The molecule has 1 heterocycles. The Balaban J connectivity index is 2.17. The van der Waals surface area contributed by atoms with Crippen molar-refractivity contribution in [3.8, 4) is 0 Å². The average molecular weight is 955 g/mol. The number of unbranched alkanes of at least 4 members (excludes halogenated alkanes) is 42. The minimum atomic E-state index is -1.55. The molecule has 1 rings (SSSR count). The van der Waals surface area contributed by atoms with Gasteiger partial charge in [0.2, 0.25) is 5.91 Å². The zero-order chi connectivity index (χ0) is 48.7. The highest BCUT2D eigenvalue weighted by Crippen LogP contribution is 2.23. The summed E-state index contributed by atoms with van der Waals surface area (Å²) < 4.78 is 11.3. The fourth-order valence-corrected chi connectivity index (χ4v) is 9.99. The van der Waals surface area contributed by atoms with Gasteiger partial charge < -0.3 is 40.3 Å². The molecule has 0 aliphatic carbocycles. The van der Waals surface area contributed by atoms with Crippen molar-refractivity contribution in [2.24, 2.45) is 0 Å². The monoisotopic (exact) mass is 954 g/mol. The molecule has 67 heavy (non-hydrogen) atoms. The molecule has 400 valence electrons. The van der Waals surface area contributed by atoms with Crippen LogP contribution in [0.1, 0.15) is 309 Å². The summed E-state index contributed by atoms with van der Waals surface area (Å²) in [5, 5.41) is 54.7. The first-order valence-electron chi connectivity index (χ1n) is 29.7. The standard InChI is InChI=1S/C58H115NO8/c1-3-5-7-9-11-13-15-17-19-21-23-25-26-27-28-30-32-34-36-38-40-42-44-46-48-54(62)59-51(50-66-58-57(65)56(64)55(63)53(49-60)67-58)52(61)47-45-43-41-39-37-35-33-31-29-24-22-20-18-16-14-12-10-8-6-4-2/h51-53,55-58,60-61,63-65H,3-50H2,1-2H3,(H,59,62). The fourth-order valence-electron chi connectivity index (χ4n) is 9.99. The van der Waals surface area contributed by atoms with E-state index in [0.717, 1.165) is 38.5 Å². The van der Waals surface area contributed by atoms with Gasteiger partial charge in [0.05, 0.1) is 25.4 Å². The maximum atomic E-state index is 13.1. The second-order valence-electron chi connectivity index (χ2n) is 21.2. The Bertz CT molecular complexity index is 1020. The van der Waals surface area contributed by atoms with Gasteiger partial charge in [-0.3, -0.25) is 4.79 Å². The summed E-state index contributed by atoms with van der Waals surface area (Å²) in [6, 6.07) is -0.713. The van der Waals surface area contributed by atoms with Gasteiger partial charge in [-0.1, -0.05) is 290 Å². The number of ether oxygens (including phenoxy) is 2. The normalized spacial score (nSPS) is 19.5. The molecule has 1 aliphatic rings. The number of rotatable bonds is 52. The first-order valence-corrected chi connectivity index (χ1v) is 29.7. The Labute approximate surface area is 414 Å². The van der Waals surface area contributed by atoms with Crippen LogP contribution in [0, 0.1) is 0 Å². The lowest BCUT2D eigenvalue weighted by atomic mass is 9.99. The first-order chi connectivity index (χ1) is 32.8. The Morgan fingerprint density at radius 3 is 1.06 bits per heavy atom. The molecule has 7 unspecified atom stereocenters. The van der Waals surface area contributed by atoms with Crippen molar-refractivity contribution in [1.29, 1.82) is 0 Å². The number of hydrogen-bond donors (Lipinski definition) is 6. The molecular formula is C58H115NO8. The van der Waals surface area contributed by atoms with Gasteiger partial charge >= 0.3 is 0 Å².